The van der Waals surface area contributed by atoms with Gasteiger partial charge in [0.1, 0.15) is 10.7 Å². The monoisotopic (exact) mass is 314 g/mol. The van der Waals surface area contributed by atoms with E-state index in [2.05, 4.69) is 43.3 Å². The topological polar surface area (TPSA) is 89.3 Å². The predicted octanol–water partition coefficient (Wildman–Crippen LogP) is 2.20. The van der Waals surface area contributed by atoms with E-state index in [4.69, 9.17) is 10.5 Å². The van der Waals surface area contributed by atoms with Gasteiger partial charge in [-0.3, -0.25) is 4.79 Å². The smallest absolute Gasteiger partial charge is 0.265 e. The van der Waals surface area contributed by atoms with Gasteiger partial charge in [0.25, 0.3) is 5.91 Å². The summed E-state index contributed by atoms with van der Waals surface area (Å²) in [7, 11) is 1.63. The quantitative estimate of drug-likeness (QED) is 0.671. The van der Waals surface area contributed by atoms with Crippen LogP contribution in [0.5, 0.6) is 0 Å². The second kappa shape index (κ2) is 7.61. The van der Waals surface area contributed by atoms with E-state index in [-0.39, 0.29) is 17.1 Å². The Bertz CT molecular complexity index is 468. The molecule has 4 N–H and O–H groups in total. The van der Waals surface area contributed by atoms with Crippen LogP contribution in [0.2, 0.25) is 0 Å². The number of nitrogens with two attached hydrogens (primary N) is 1. The van der Waals surface area contributed by atoms with E-state index in [9.17, 15) is 4.79 Å². The number of hydrogen-bond acceptors (Lipinski definition) is 6. The molecule has 0 saturated carbocycles. The Labute approximate surface area is 130 Å². The Kier molecular flexibility index (Phi) is 6.42. The van der Waals surface area contributed by atoms with Gasteiger partial charge in [0.2, 0.25) is 0 Å². The molecule has 7 heteroatoms. The number of hydrogen-bond donors (Lipinski definition) is 3. The number of rotatable bonds is 7. The third kappa shape index (κ3) is 5.51. The number of carbonyl (C=O) groups is 1. The highest BCUT2D eigenvalue weighted by molar-refractivity contribution is 7.18. The number of nitrogens with one attached hydrogen (secondary N) is 2. The summed E-state index contributed by atoms with van der Waals surface area (Å²) in [5.41, 5.74) is 5.96. The zero-order valence-electron chi connectivity index (χ0n) is 13.4. The van der Waals surface area contributed by atoms with Crippen LogP contribution in [0.4, 0.5) is 10.9 Å². The highest BCUT2D eigenvalue weighted by Gasteiger charge is 2.22. The Morgan fingerprint density at radius 3 is 2.71 bits per heavy atom. The van der Waals surface area contributed by atoms with Crippen LogP contribution < -0.4 is 16.4 Å². The second-order valence-corrected chi connectivity index (χ2v) is 7.13. The summed E-state index contributed by atoms with van der Waals surface area (Å²) in [5.74, 6) is 0.469. The first kappa shape index (κ1) is 17.7. The molecule has 120 valence electrons. The van der Waals surface area contributed by atoms with Crippen LogP contribution in [0.15, 0.2) is 0 Å². The summed E-state index contributed by atoms with van der Waals surface area (Å²) in [4.78, 5) is 16.8. The molecule has 1 aromatic heterocycles. The third-order valence-electron chi connectivity index (χ3n) is 3.49. The van der Waals surface area contributed by atoms with Gasteiger partial charge in [0, 0.05) is 20.2 Å². The number of nitrogens with zero attached hydrogens (tertiary/aromatic N) is 1. The van der Waals surface area contributed by atoms with E-state index in [1.807, 2.05) is 0 Å². The SMILES string of the molecule is COCCNc1nc(N)c(C(=O)NCC(C)C(C)(C)C)s1. The lowest BCUT2D eigenvalue weighted by molar-refractivity contribution is 0.0942. The summed E-state index contributed by atoms with van der Waals surface area (Å²) in [6, 6.07) is 0. The number of anilines is 2. The first-order valence-corrected chi connectivity index (χ1v) is 7.84. The van der Waals surface area contributed by atoms with Gasteiger partial charge in [-0.05, 0) is 11.3 Å². The van der Waals surface area contributed by atoms with Gasteiger partial charge in [-0.1, -0.05) is 39.0 Å². The lowest BCUT2D eigenvalue weighted by atomic mass is 9.82. The van der Waals surface area contributed by atoms with E-state index in [0.29, 0.717) is 35.6 Å². The van der Waals surface area contributed by atoms with Crippen LogP contribution in [0.3, 0.4) is 0 Å². The van der Waals surface area contributed by atoms with Crippen molar-refractivity contribution in [3.63, 3.8) is 0 Å². The summed E-state index contributed by atoms with van der Waals surface area (Å²) in [6.07, 6.45) is 0. The number of methoxy groups -OCH3 is 1. The number of thiazole rings is 1. The normalized spacial score (nSPS) is 13.0. The lowest BCUT2D eigenvalue weighted by Crippen LogP contribution is -2.33. The maximum Gasteiger partial charge on any atom is 0.265 e. The summed E-state index contributed by atoms with van der Waals surface area (Å²) >= 11 is 1.26. The average Bonchev–Trinajstić information content (AvgIpc) is 2.76. The van der Waals surface area contributed by atoms with Crippen LogP contribution in [0.25, 0.3) is 0 Å². The minimum Gasteiger partial charge on any atom is -0.383 e. The second-order valence-electron chi connectivity index (χ2n) is 6.13. The highest BCUT2D eigenvalue weighted by atomic mass is 32.1. The molecule has 0 aliphatic heterocycles. The highest BCUT2D eigenvalue weighted by Crippen LogP contribution is 2.26. The number of nitrogen functional groups attached to an aromatic ring is 1. The van der Waals surface area contributed by atoms with Gasteiger partial charge in [0.15, 0.2) is 5.13 Å². The van der Waals surface area contributed by atoms with Crippen molar-refractivity contribution in [2.45, 2.75) is 27.7 Å². The molecular weight excluding hydrogens is 288 g/mol. The number of amides is 1. The maximum absolute atomic E-state index is 12.2. The zero-order valence-corrected chi connectivity index (χ0v) is 14.3. The van der Waals surface area contributed by atoms with Crippen molar-refractivity contribution in [3.8, 4) is 0 Å². The summed E-state index contributed by atoms with van der Waals surface area (Å²) in [6.45, 7) is 10.4. The average molecular weight is 314 g/mol. The largest absolute Gasteiger partial charge is 0.383 e. The Morgan fingerprint density at radius 1 is 1.48 bits per heavy atom. The van der Waals surface area contributed by atoms with Gasteiger partial charge >= 0.3 is 0 Å². The minimum absolute atomic E-state index is 0.152. The molecule has 0 spiro atoms. The van der Waals surface area contributed by atoms with Crippen molar-refractivity contribution < 1.29 is 9.53 Å². The van der Waals surface area contributed by atoms with E-state index in [1.165, 1.54) is 11.3 Å². The zero-order chi connectivity index (χ0) is 16.0. The first-order valence-electron chi connectivity index (χ1n) is 7.03. The van der Waals surface area contributed by atoms with Crippen molar-refractivity contribution in [2.24, 2.45) is 11.3 Å². The van der Waals surface area contributed by atoms with Gasteiger partial charge in [-0.2, -0.15) is 0 Å². The van der Waals surface area contributed by atoms with Crippen molar-refractivity contribution in [1.82, 2.24) is 10.3 Å². The molecule has 0 aromatic carbocycles. The molecule has 0 bridgehead atoms. The van der Waals surface area contributed by atoms with Gasteiger partial charge < -0.3 is 21.1 Å². The van der Waals surface area contributed by atoms with Crippen LogP contribution in [-0.2, 0) is 4.74 Å². The molecule has 0 aliphatic carbocycles. The standard InChI is InChI=1S/C14H26N4O2S/c1-9(14(2,3)4)8-17-12(19)10-11(15)18-13(21-10)16-6-7-20-5/h9H,6-8,15H2,1-5H3,(H,16,18)(H,17,19). The fraction of sp³-hybridized carbons (Fsp3) is 0.714. The molecule has 1 unspecified atom stereocenters. The van der Waals surface area contributed by atoms with Crippen LogP contribution in [0.1, 0.15) is 37.4 Å². The number of carbonyl (C=O) groups excluding carboxylic acids is 1. The van der Waals surface area contributed by atoms with Crippen LogP contribution >= 0.6 is 11.3 Å². The van der Waals surface area contributed by atoms with Crippen molar-refractivity contribution >= 4 is 28.2 Å². The van der Waals surface area contributed by atoms with Crippen molar-refractivity contribution in [1.29, 1.82) is 0 Å². The summed E-state index contributed by atoms with van der Waals surface area (Å²) in [5, 5.41) is 6.64. The van der Waals surface area contributed by atoms with Gasteiger partial charge in [-0.15, -0.1) is 0 Å². The molecule has 21 heavy (non-hydrogen) atoms. The molecule has 1 rings (SSSR count). The molecule has 0 radical (unpaired) electrons. The molecular formula is C14H26N4O2S. The van der Waals surface area contributed by atoms with Crippen molar-refractivity contribution in [3.05, 3.63) is 4.88 Å². The molecule has 6 nitrogen and oxygen atoms in total. The third-order valence-corrected chi connectivity index (χ3v) is 4.52. The molecule has 1 amide bonds. The lowest BCUT2D eigenvalue weighted by Gasteiger charge is -2.27. The number of ether oxygens (including phenoxy) is 1. The molecule has 0 aliphatic rings. The molecule has 0 saturated heterocycles. The summed E-state index contributed by atoms with van der Waals surface area (Å²) < 4.78 is 4.95. The minimum atomic E-state index is -0.166. The Balaban J connectivity index is 2.58. The van der Waals surface area contributed by atoms with E-state index in [1.54, 1.807) is 7.11 Å². The fourth-order valence-electron chi connectivity index (χ4n) is 1.46. The first-order chi connectivity index (χ1) is 9.75. The van der Waals surface area contributed by atoms with Crippen LogP contribution in [-0.4, -0.2) is 37.7 Å². The molecule has 1 aromatic rings. The maximum atomic E-state index is 12.2. The molecule has 1 heterocycles. The van der Waals surface area contributed by atoms with E-state index in [0.717, 1.165) is 0 Å². The molecule has 0 fully saturated rings. The van der Waals surface area contributed by atoms with Gasteiger partial charge in [0.05, 0.1) is 6.61 Å². The van der Waals surface area contributed by atoms with Crippen LogP contribution in [0, 0.1) is 11.3 Å². The predicted molar refractivity (Wildman–Crippen MR) is 87.8 cm³/mol. The Morgan fingerprint density at radius 2 is 2.14 bits per heavy atom. The molecule has 1 atom stereocenters. The number of aromatic nitrogens is 1. The fourth-order valence-corrected chi connectivity index (χ4v) is 2.29. The van der Waals surface area contributed by atoms with E-state index >= 15 is 0 Å². The Hall–Kier alpha value is -1.34. The van der Waals surface area contributed by atoms with Crippen molar-refractivity contribution in [2.75, 3.05) is 37.9 Å². The van der Waals surface area contributed by atoms with E-state index < -0.39 is 0 Å². The van der Waals surface area contributed by atoms with Gasteiger partial charge in [-0.25, -0.2) is 4.98 Å².